The molecule has 1 aliphatic rings. The number of thiophene rings is 2. The number of para-hydroxylation sites is 1. The SMILES string of the molecule is c1ccc(-c2nc(-c3ccc(-c4cccc5sc6c7c(ccc6c45)C(c4ccccc4)Nc4ccccc4-7)cc3)nc(-c3cccc4sc5ccccc5c34)n2)cc1. The second-order valence-corrected chi connectivity index (χ2v) is 16.9. The predicted molar refractivity (Wildman–Crippen MR) is 245 cm³/mol. The van der Waals surface area contributed by atoms with Gasteiger partial charge in [-0.15, -0.1) is 22.7 Å². The van der Waals surface area contributed by atoms with E-state index in [1.807, 2.05) is 29.5 Å². The number of aromatic nitrogens is 3. The lowest BCUT2D eigenvalue weighted by Gasteiger charge is -2.30. The molecule has 8 aromatic carbocycles. The molecule has 1 unspecified atom stereocenters. The van der Waals surface area contributed by atoms with E-state index < -0.39 is 0 Å². The number of benzene rings is 8. The van der Waals surface area contributed by atoms with Crippen LogP contribution in [-0.4, -0.2) is 15.0 Å². The zero-order valence-electron chi connectivity index (χ0n) is 31.1. The van der Waals surface area contributed by atoms with Gasteiger partial charge in [0, 0.05) is 73.8 Å². The third kappa shape index (κ3) is 5.30. The molecule has 0 bridgehead atoms. The summed E-state index contributed by atoms with van der Waals surface area (Å²) >= 11 is 3.70. The van der Waals surface area contributed by atoms with Crippen LogP contribution in [0.5, 0.6) is 0 Å². The van der Waals surface area contributed by atoms with E-state index in [2.05, 4.69) is 169 Å². The van der Waals surface area contributed by atoms with Gasteiger partial charge in [-0.25, -0.2) is 15.0 Å². The van der Waals surface area contributed by atoms with Gasteiger partial charge in [0.2, 0.25) is 0 Å². The van der Waals surface area contributed by atoms with Crippen LogP contribution >= 0.6 is 22.7 Å². The number of nitrogens with zero attached hydrogens (tertiary/aromatic N) is 3. The maximum atomic E-state index is 5.19. The van der Waals surface area contributed by atoms with Gasteiger partial charge in [0.1, 0.15) is 0 Å². The molecule has 12 rings (SSSR count). The standard InChI is InChI=1S/C52H32N4S2/c1-3-13-32(14-4-1)48-38-29-30-39-45-35(19-11-24-44(45)58-49(39)47(38)36-17-7-9-21-41(36)53-48)31-25-27-34(28-26-31)51-54-50(33-15-5-2-6-16-33)55-52(56-51)40-20-12-23-43-46(40)37-18-8-10-22-42(37)57-43/h1-30,48,53H. The van der Waals surface area contributed by atoms with E-state index in [0.29, 0.717) is 17.5 Å². The smallest absolute Gasteiger partial charge is 0.164 e. The molecule has 0 aliphatic carbocycles. The highest BCUT2D eigenvalue weighted by atomic mass is 32.1. The van der Waals surface area contributed by atoms with E-state index >= 15 is 0 Å². The Hall–Kier alpha value is -6.99. The van der Waals surface area contributed by atoms with Gasteiger partial charge in [-0.3, -0.25) is 0 Å². The van der Waals surface area contributed by atoms with Crippen LogP contribution in [0.15, 0.2) is 182 Å². The third-order valence-corrected chi connectivity index (χ3v) is 13.7. The molecule has 1 N–H and O–H groups in total. The highest BCUT2D eigenvalue weighted by Gasteiger charge is 2.28. The fourth-order valence-corrected chi connectivity index (χ4v) is 11.2. The Kier molecular flexibility index (Phi) is 7.61. The van der Waals surface area contributed by atoms with Gasteiger partial charge in [-0.2, -0.15) is 0 Å². The molecular formula is C52H32N4S2. The number of nitrogens with one attached hydrogen (secondary N) is 1. The van der Waals surface area contributed by atoms with Gasteiger partial charge in [0.15, 0.2) is 17.5 Å². The topological polar surface area (TPSA) is 50.7 Å². The molecule has 58 heavy (non-hydrogen) atoms. The largest absolute Gasteiger partial charge is 0.374 e. The Balaban J connectivity index is 0.993. The fraction of sp³-hybridized carbons (Fsp3) is 0.0192. The average Bonchev–Trinajstić information content (AvgIpc) is 3.88. The first kappa shape index (κ1) is 33.2. The van der Waals surface area contributed by atoms with Crippen molar-refractivity contribution in [2.24, 2.45) is 0 Å². The summed E-state index contributed by atoms with van der Waals surface area (Å²) in [4.78, 5) is 15.4. The lowest BCUT2D eigenvalue weighted by molar-refractivity contribution is 0.933. The molecule has 3 aromatic heterocycles. The minimum atomic E-state index is 0.0727. The highest BCUT2D eigenvalue weighted by Crippen LogP contribution is 2.51. The van der Waals surface area contributed by atoms with Gasteiger partial charge < -0.3 is 5.32 Å². The molecule has 4 nitrogen and oxygen atoms in total. The Morgan fingerprint density at radius 1 is 0.397 bits per heavy atom. The van der Waals surface area contributed by atoms with E-state index in [4.69, 9.17) is 15.0 Å². The molecule has 11 aromatic rings. The van der Waals surface area contributed by atoms with Crippen molar-refractivity contribution >= 4 is 68.7 Å². The molecule has 272 valence electrons. The van der Waals surface area contributed by atoms with Crippen molar-refractivity contribution in [1.82, 2.24) is 15.0 Å². The van der Waals surface area contributed by atoms with E-state index in [-0.39, 0.29) is 6.04 Å². The lowest BCUT2D eigenvalue weighted by Crippen LogP contribution is -2.18. The Bertz CT molecular complexity index is 3370. The monoisotopic (exact) mass is 776 g/mol. The van der Waals surface area contributed by atoms with Gasteiger partial charge in [0.25, 0.3) is 0 Å². The second kappa shape index (κ2) is 13.3. The van der Waals surface area contributed by atoms with Crippen molar-refractivity contribution < 1.29 is 0 Å². The van der Waals surface area contributed by atoms with Crippen LogP contribution < -0.4 is 5.32 Å². The highest BCUT2D eigenvalue weighted by molar-refractivity contribution is 7.26. The quantitative estimate of drug-likeness (QED) is 0.189. The van der Waals surface area contributed by atoms with Gasteiger partial charge in [-0.05, 0) is 46.5 Å². The maximum absolute atomic E-state index is 5.19. The van der Waals surface area contributed by atoms with Gasteiger partial charge >= 0.3 is 0 Å². The maximum Gasteiger partial charge on any atom is 0.164 e. The summed E-state index contributed by atoms with van der Waals surface area (Å²) in [7, 11) is 0. The van der Waals surface area contributed by atoms with Crippen molar-refractivity contribution in [3.8, 4) is 56.4 Å². The summed E-state index contributed by atoms with van der Waals surface area (Å²) in [5.41, 5.74) is 11.6. The van der Waals surface area contributed by atoms with Gasteiger partial charge in [-0.1, -0.05) is 158 Å². The first-order chi connectivity index (χ1) is 28.7. The molecule has 0 saturated carbocycles. The van der Waals surface area contributed by atoms with Crippen LogP contribution in [-0.2, 0) is 0 Å². The number of rotatable bonds is 5. The molecule has 0 saturated heterocycles. The van der Waals surface area contributed by atoms with Crippen LogP contribution in [0.3, 0.4) is 0 Å². The summed E-state index contributed by atoms with van der Waals surface area (Å²) in [6.07, 6.45) is 0. The van der Waals surface area contributed by atoms with E-state index in [1.165, 1.54) is 73.8 Å². The molecule has 1 aliphatic heterocycles. The van der Waals surface area contributed by atoms with Crippen molar-refractivity contribution in [2.75, 3.05) is 5.32 Å². The summed E-state index contributed by atoms with van der Waals surface area (Å²) in [5.74, 6) is 1.98. The Morgan fingerprint density at radius 3 is 1.79 bits per heavy atom. The van der Waals surface area contributed by atoms with Crippen LogP contribution in [0, 0.1) is 0 Å². The summed E-state index contributed by atoms with van der Waals surface area (Å²) in [6.45, 7) is 0. The molecule has 4 heterocycles. The van der Waals surface area contributed by atoms with E-state index in [9.17, 15) is 0 Å². The predicted octanol–water partition coefficient (Wildman–Crippen LogP) is 14.5. The number of fused-ring (bicyclic) bond motifs is 10. The summed E-state index contributed by atoms with van der Waals surface area (Å²) < 4.78 is 5.08. The minimum Gasteiger partial charge on any atom is -0.374 e. The zero-order chi connectivity index (χ0) is 38.2. The van der Waals surface area contributed by atoms with Crippen LogP contribution in [0.1, 0.15) is 17.2 Å². The van der Waals surface area contributed by atoms with Crippen molar-refractivity contribution in [3.63, 3.8) is 0 Å². The zero-order valence-corrected chi connectivity index (χ0v) is 32.7. The number of hydrogen-bond donors (Lipinski definition) is 1. The first-order valence-corrected chi connectivity index (χ1v) is 21.1. The second-order valence-electron chi connectivity index (χ2n) is 14.7. The third-order valence-electron chi connectivity index (χ3n) is 11.4. The van der Waals surface area contributed by atoms with E-state index in [1.54, 1.807) is 11.3 Å². The van der Waals surface area contributed by atoms with Crippen LogP contribution in [0.2, 0.25) is 0 Å². The molecule has 0 radical (unpaired) electrons. The molecule has 0 spiro atoms. The average molecular weight is 777 g/mol. The Morgan fingerprint density at radius 2 is 0.983 bits per heavy atom. The normalized spacial score (nSPS) is 13.5. The Labute approximate surface area is 342 Å². The summed E-state index contributed by atoms with van der Waals surface area (Å²) in [5, 5.41) is 8.83. The molecule has 1 atom stereocenters. The lowest BCUT2D eigenvalue weighted by atomic mass is 9.85. The van der Waals surface area contributed by atoms with Crippen LogP contribution in [0.25, 0.3) is 96.8 Å². The molecule has 6 heteroatoms. The number of anilines is 1. The fourth-order valence-electron chi connectivity index (χ4n) is 8.73. The minimum absolute atomic E-state index is 0.0727. The van der Waals surface area contributed by atoms with Gasteiger partial charge in [0.05, 0.1) is 6.04 Å². The van der Waals surface area contributed by atoms with Crippen molar-refractivity contribution in [2.45, 2.75) is 6.04 Å². The van der Waals surface area contributed by atoms with Crippen LogP contribution in [0.4, 0.5) is 5.69 Å². The molecule has 0 fully saturated rings. The van der Waals surface area contributed by atoms with Crippen molar-refractivity contribution in [3.05, 3.63) is 193 Å². The van der Waals surface area contributed by atoms with Crippen molar-refractivity contribution in [1.29, 1.82) is 0 Å². The first-order valence-electron chi connectivity index (χ1n) is 19.5. The van der Waals surface area contributed by atoms with E-state index in [0.717, 1.165) is 22.3 Å². The number of hydrogen-bond acceptors (Lipinski definition) is 6. The molecule has 0 amide bonds. The molecular weight excluding hydrogens is 745 g/mol. The summed E-state index contributed by atoms with van der Waals surface area (Å²) in [6, 6.07) is 64.9.